The fourth-order valence-corrected chi connectivity index (χ4v) is 4.09. The smallest absolute Gasteiger partial charge is 0.241 e. The minimum atomic E-state index is -3.59. The number of hydrogen-bond acceptors (Lipinski definition) is 4. The third-order valence-electron chi connectivity index (χ3n) is 2.43. The summed E-state index contributed by atoms with van der Waals surface area (Å²) in [6.45, 7) is 3.48. The fourth-order valence-electron chi connectivity index (χ4n) is 1.57. The van der Waals surface area contributed by atoms with Crippen molar-refractivity contribution in [3.05, 3.63) is 22.7 Å². The number of halogens is 1. The molecule has 0 bridgehead atoms. The van der Waals surface area contributed by atoms with Crippen molar-refractivity contribution in [2.75, 3.05) is 17.7 Å². The molecule has 3 N–H and O–H groups in total. The van der Waals surface area contributed by atoms with Crippen molar-refractivity contribution in [3.63, 3.8) is 0 Å². The Morgan fingerprint density at radius 1 is 1.50 bits per heavy atom. The molecule has 7 heteroatoms. The van der Waals surface area contributed by atoms with Crippen molar-refractivity contribution in [2.24, 2.45) is 0 Å². The number of anilines is 1. The predicted octanol–water partition coefficient (Wildman–Crippen LogP) is 2.26. The lowest BCUT2D eigenvalue weighted by Crippen LogP contribution is -2.34. The molecule has 4 nitrogen and oxygen atoms in total. The molecule has 0 heterocycles. The van der Waals surface area contributed by atoms with E-state index in [4.69, 9.17) is 17.3 Å². The minimum absolute atomic E-state index is 0.139. The summed E-state index contributed by atoms with van der Waals surface area (Å²) < 4.78 is 27.0. The highest BCUT2D eigenvalue weighted by molar-refractivity contribution is 7.98. The van der Waals surface area contributed by atoms with Gasteiger partial charge in [0.05, 0.1) is 4.90 Å². The van der Waals surface area contributed by atoms with Crippen molar-refractivity contribution in [3.8, 4) is 0 Å². The Labute approximate surface area is 117 Å². The number of nitrogens with one attached hydrogen (secondary N) is 1. The molecule has 0 saturated carbocycles. The maximum atomic E-state index is 12.2. The Morgan fingerprint density at radius 2 is 2.11 bits per heavy atom. The summed E-state index contributed by atoms with van der Waals surface area (Å²) in [6, 6.07) is 2.81. The first-order chi connectivity index (χ1) is 8.27. The third kappa shape index (κ3) is 3.78. The predicted molar refractivity (Wildman–Crippen MR) is 78.8 cm³/mol. The number of rotatable bonds is 5. The monoisotopic (exact) mass is 308 g/mol. The molecule has 1 aromatic carbocycles. The number of thioether (sulfide) groups is 1. The molecule has 1 rings (SSSR count). The highest BCUT2D eigenvalue weighted by atomic mass is 35.5. The summed E-state index contributed by atoms with van der Waals surface area (Å²) in [4.78, 5) is 0.139. The Kier molecular flexibility index (Phi) is 5.33. The second-order valence-corrected chi connectivity index (χ2v) is 7.13. The van der Waals surface area contributed by atoms with Crippen LogP contribution in [0.3, 0.4) is 0 Å². The van der Waals surface area contributed by atoms with Gasteiger partial charge in [-0.25, -0.2) is 13.1 Å². The van der Waals surface area contributed by atoms with E-state index in [0.717, 1.165) is 0 Å². The molecule has 0 amide bonds. The Bertz CT molecular complexity index is 532. The molecule has 0 radical (unpaired) electrons. The zero-order chi connectivity index (χ0) is 13.9. The first-order valence-electron chi connectivity index (χ1n) is 5.35. The van der Waals surface area contributed by atoms with Gasteiger partial charge in [0.25, 0.3) is 0 Å². The summed E-state index contributed by atoms with van der Waals surface area (Å²) in [7, 11) is -3.59. The lowest BCUT2D eigenvalue weighted by molar-refractivity contribution is 0.570. The molecule has 0 spiro atoms. The van der Waals surface area contributed by atoms with Gasteiger partial charge in [-0.3, -0.25) is 0 Å². The first-order valence-corrected chi connectivity index (χ1v) is 8.60. The van der Waals surface area contributed by atoms with E-state index < -0.39 is 10.0 Å². The highest BCUT2D eigenvalue weighted by Gasteiger charge is 2.21. The van der Waals surface area contributed by atoms with Crippen molar-refractivity contribution in [2.45, 2.75) is 24.8 Å². The van der Waals surface area contributed by atoms with Crippen LogP contribution in [0.5, 0.6) is 0 Å². The molecular weight excluding hydrogens is 292 g/mol. The molecule has 0 fully saturated rings. The van der Waals surface area contributed by atoms with Crippen molar-refractivity contribution in [1.82, 2.24) is 4.72 Å². The number of nitrogens with two attached hydrogens (primary N) is 1. The molecule has 1 unspecified atom stereocenters. The van der Waals surface area contributed by atoms with E-state index in [-0.39, 0.29) is 10.9 Å². The molecule has 0 aromatic heterocycles. The number of nitrogen functional groups attached to an aromatic ring is 1. The summed E-state index contributed by atoms with van der Waals surface area (Å²) in [6.07, 6.45) is 1.92. The molecule has 102 valence electrons. The van der Waals surface area contributed by atoms with E-state index in [2.05, 4.69) is 4.72 Å². The average molecular weight is 309 g/mol. The summed E-state index contributed by atoms with van der Waals surface area (Å²) in [5.74, 6) is 0.703. The zero-order valence-electron chi connectivity index (χ0n) is 10.5. The fraction of sp³-hybridized carbons (Fsp3) is 0.455. The van der Waals surface area contributed by atoms with Gasteiger partial charge in [0.15, 0.2) is 0 Å². The molecule has 0 aliphatic carbocycles. The standard InChI is InChI=1S/C11H17ClN2O2S2/c1-7(6-17-3)14-18(15,16)11-5-9(12)4-10(13)8(11)2/h4-5,7,14H,6,13H2,1-3H3. The second kappa shape index (κ2) is 6.14. The Balaban J connectivity index is 3.13. The van der Waals surface area contributed by atoms with Crippen LogP contribution in [0.4, 0.5) is 5.69 Å². The van der Waals surface area contributed by atoms with Crippen LogP contribution in [0.2, 0.25) is 5.02 Å². The van der Waals surface area contributed by atoms with Gasteiger partial charge < -0.3 is 5.73 Å². The average Bonchev–Trinajstić information content (AvgIpc) is 2.22. The largest absolute Gasteiger partial charge is 0.398 e. The van der Waals surface area contributed by atoms with Crippen LogP contribution in [-0.4, -0.2) is 26.5 Å². The maximum Gasteiger partial charge on any atom is 0.241 e. The molecule has 0 aliphatic heterocycles. The lowest BCUT2D eigenvalue weighted by atomic mass is 10.2. The van der Waals surface area contributed by atoms with E-state index in [0.29, 0.717) is 22.0 Å². The van der Waals surface area contributed by atoms with Gasteiger partial charge in [-0.15, -0.1) is 0 Å². The van der Waals surface area contributed by atoms with E-state index in [1.54, 1.807) is 24.8 Å². The van der Waals surface area contributed by atoms with Crippen LogP contribution >= 0.6 is 23.4 Å². The quantitative estimate of drug-likeness (QED) is 0.818. The maximum absolute atomic E-state index is 12.2. The minimum Gasteiger partial charge on any atom is -0.398 e. The summed E-state index contributed by atoms with van der Waals surface area (Å²) in [5, 5.41) is 0.316. The molecule has 1 atom stereocenters. The summed E-state index contributed by atoms with van der Waals surface area (Å²) in [5.41, 5.74) is 6.62. The summed E-state index contributed by atoms with van der Waals surface area (Å²) >= 11 is 7.43. The SMILES string of the molecule is CSCC(C)NS(=O)(=O)c1cc(Cl)cc(N)c1C. The number of hydrogen-bond donors (Lipinski definition) is 2. The van der Waals surface area contributed by atoms with E-state index in [1.165, 1.54) is 6.07 Å². The Morgan fingerprint density at radius 3 is 2.67 bits per heavy atom. The Hall–Kier alpha value is -0.430. The van der Waals surface area contributed by atoms with Gasteiger partial charge in [-0.2, -0.15) is 11.8 Å². The normalized spacial score (nSPS) is 13.6. The van der Waals surface area contributed by atoms with Gasteiger partial charge in [0, 0.05) is 22.5 Å². The highest BCUT2D eigenvalue weighted by Crippen LogP contribution is 2.26. The van der Waals surface area contributed by atoms with Crippen LogP contribution in [0.15, 0.2) is 17.0 Å². The molecule has 0 aliphatic rings. The molecule has 0 saturated heterocycles. The number of benzene rings is 1. The van der Waals surface area contributed by atoms with Gasteiger partial charge in [0.2, 0.25) is 10.0 Å². The molecular formula is C11H17ClN2O2S2. The van der Waals surface area contributed by atoms with Crippen molar-refractivity contribution in [1.29, 1.82) is 0 Å². The zero-order valence-corrected chi connectivity index (χ0v) is 12.9. The van der Waals surface area contributed by atoms with Crippen LogP contribution in [0, 0.1) is 6.92 Å². The molecule has 18 heavy (non-hydrogen) atoms. The van der Waals surface area contributed by atoms with Gasteiger partial charge in [0.1, 0.15) is 0 Å². The van der Waals surface area contributed by atoms with Crippen LogP contribution in [0.25, 0.3) is 0 Å². The molecule has 1 aromatic rings. The van der Waals surface area contributed by atoms with E-state index >= 15 is 0 Å². The van der Waals surface area contributed by atoms with Gasteiger partial charge >= 0.3 is 0 Å². The van der Waals surface area contributed by atoms with Crippen LogP contribution in [0.1, 0.15) is 12.5 Å². The van der Waals surface area contributed by atoms with Crippen LogP contribution < -0.4 is 10.5 Å². The van der Waals surface area contributed by atoms with Gasteiger partial charge in [-0.1, -0.05) is 11.6 Å². The first kappa shape index (κ1) is 15.6. The van der Waals surface area contributed by atoms with Crippen molar-refractivity contribution >= 4 is 39.1 Å². The second-order valence-electron chi connectivity index (χ2n) is 4.10. The van der Waals surface area contributed by atoms with Crippen molar-refractivity contribution < 1.29 is 8.42 Å². The van der Waals surface area contributed by atoms with E-state index in [1.807, 2.05) is 13.2 Å². The van der Waals surface area contributed by atoms with Crippen LogP contribution in [-0.2, 0) is 10.0 Å². The number of sulfonamides is 1. The third-order valence-corrected chi connectivity index (χ3v) is 5.19. The lowest BCUT2D eigenvalue weighted by Gasteiger charge is -2.15. The van der Waals surface area contributed by atoms with E-state index in [9.17, 15) is 8.42 Å². The topological polar surface area (TPSA) is 72.2 Å². The van der Waals surface area contributed by atoms with Gasteiger partial charge in [-0.05, 0) is 37.8 Å².